The first-order valence-electron chi connectivity index (χ1n) is 7.88. The molecule has 1 aromatic rings. The third-order valence-corrected chi connectivity index (χ3v) is 4.26. The van der Waals surface area contributed by atoms with E-state index in [1.165, 1.54) is 6.07 Å². The van der Waals surface area contributed by atoms with Crippen molar-refractivity contribution < 1.29 is 23.0 Å². The Morgan fingerprint density at radius 3 is 2.91 bits per heavy atom. The fourth-order valence-electron chi connectivity index (χ4n) is 3.29. The minimum atomic E-state index is -2.90. The number of nitrogens with zero attached hydrogens (tertiary/aromatic N) is 1. The Bertz CT molecular complexity index is 582. The SMILES string of the molecule is CCOc1cc(C2NC(=O)C3CCCCN32)ccc1OC(F)F. The quantitative estimate of drug-likeness (QED) is 0.904. The van der Waals surface area contributed by atoms with Crippen LogP contribution < -0.4 is 14.8 Å². The highest BCUT2D eigenvalue weighted by molar-refractivity contribution is 5.84. The van der Waals surface area contributed by atoms with Gasteiger partial charge >= 0.3 is 6.61 Å². The van der Waals surface area contributed by atoms with E-state index in [0.29, 0.717) is 6.61 Å². The first-order valence-corrected chi connectivity index (χ1v) is 7.88. The Balaban J connectivity index is 1.87. The van der Waals surface area contributed by atoms with E-state index in [1.807, 2.05) is 0 Å². The van der Waals surface area contributed by atoms with Crippen molar-refractivity contribution >= 4 is 5.91 Å². The summed E-state index contributed by atoms with van der Waals surface area (Å²) in [5.74, 6) is 0.297. The molecule has 2 fully saturated rings. The molecule has 3 rings (SSSR count). The Kier molecular flexibility index (Phi) is 4.66. The molecule has 2 heterocycles. The van der Waals surface area contributed by atoms with Gasteiger partial charge in [0, 0.05) is 6.54 Å². The summed E-state index contributed by atoms with van der Waals surface area (Å²) in [5.41, 5.74) is 0.813. The molecule has 5 nitrogen and oxygen atoms in total. The van der Waals surface area contributed by atoms with Crippen molar-refractivity contribution in [2.24, 2.45) is 0 Å². The Labute approximate surface area is 133 Å². The number of halogens is 2. The number of carbonyl (C=O) groups excluding carboxylic acids is 1. The van der Waals surface area contributed by atoms with E-state index in [0.717, 1.165) is 31.4 Å². The molecular formula is C16H20F2N2O3. The Morgan fingerprint density at radius 1 is 1.35 bits per heavy atom. The number of alkyl halides is 2. The minimum Gasteiger partial charge on any atom is -0.490 e. The third-order valence-electron chi connectivity index (χ3n) is 4.26. The topological polar surface area (TPSA) is 50.8 Å². The molecule has 1 N–H and O–H groups in total. The molecule has 2 atom stereocenters. The largest absolute Gasteiger partial charge is 0.490 e. The van der Waals surface area contributed by atoms with Crippen LogP contribution in [-0.4, -0.2) is 36.6 Å². The van der Waals surface area contributed by atoms with Gasteiger partial charge in [-0.1, -0.05) is 12.5 Å². The van der Waals surface area contributed by atoms with E-state index >= 15 is 0 Å². The summed E-state index contributed by atoms with van der Waals surface area (Å²) < 4.78 is 34.8. The normalized spacial score (nSPS) is 24.4. The fraction of sp³-hybridized carbons (Fsp3) is 0.562. The molecule has 1 aromatic carbocycles. The molecule has 0 radical (unpaired) electrons. The second-order valence-electron chi connectivity index (χ2n) is 5.68. The molecule has 2 saturated heterocycles. The van der Waals surface area contributed by atoms with E-state index in [-0.39, 0.29) is 29.6 Å². The number of carbonyl (C=O) groups is 1. The zero-order chi connectivity index (χ0) is 16.4. The molecule has 2 unspecified atom stereocenters. The number of hydrogen-bond donors (Lipinski definition) is 1. The van der Waals surface area contributed by atoms with Crippen molar-refractivity contribution in [3.05, 3.63) is 23.8 Å². The molecule has 2 aliphatic rings. The molecule has 7 heteroatoms. The summed E-state index contributed by atoms with van der Waals surface area (Å²) >= 11 is 0. The number of amides is 1. The van der Waals surface area contributed by atoms with Gasteiger partial charge in [-0.15, -0.1) is 0 Å². The van der Waals surface area contributed by atoms with Gasteiger partial charge in [-0.05, 0) is 37.5 Å². The second kappa shape index (κ2) is 6.70. The standard InChI is InChI=1S/C16H20F2N2O3/c1-2-22-13-9-10(6-7-12(13)23-16(17)18)14-19-15(21)11-5-3-4-8-20(11)14/h6-7,9,11,14,16H,2-5,8H2,1H3,(H,19,21). The van der Waals surface area contributed by atoms with Crippen LogP contribution >= 0.6 is 0 Å². The van der Waals surface area contributed by atoms with E-state index < -0.39 is 6.61 Å². The molecule has 0 spiro atoms. The van der Waals surface area contributed by atoms with Gasteiger partial charge in [0.05, 0.1) is 12.6 Å². The van der Waals surface area contributed by atoms with Crippen LogP contribution in [-0.2, 0) is 4.79 Å². The van der Waals surface area contributed by atoms with Crippen LogP contribution in [0.3, 0.4) is 0 Å². The van der Waals surface area contributed by atoms with Crippen LogP contribution in [0.5, 0.6) is 11.5 Å². The second-order valence-corrected chi connectivity index (χ2v) is 5.68. The Morgan fingerprint density at radius 2 is 2.17 bits per heavy atom. The highest BCUT2D eigenvalue weighted by Gasteiger charge is 2.41. The van der Waals surface area contributed by atoms with E-state index in [4.69, 9.17) is 4.74 Å². The third kappa shape index (κ3) is 3.24. The summed E-state index contributed by atoms with van der Waals surface area (Å²) in [6, 6.07) is 4.74. The van der Waals surface area contributed by atoms with Crippen molar-refractivity contribution in [2.75, 3.05) is 13.2 Å². The van der Waals surface area contributed by atoms with Gasteiger partial charge in [0.25, 0.3) is 0 Å². The first kappa shape index (κ1) is 16.0. The number of ether oxygens (including phenoxy) is 2. The zero-order valence-electron chi connectivity index (χ0n) is 12.9. The van der Waals surface area contributed by atoms with E-state index in [2.05, 4.69) is 15.0 Å². The maximum absolute atomic E-state index is 12.5. The molecule has 0 saturated carbocycles. The maximum atomic E-state index is 12.5. The van der Waals surface area contributed by atoms with Gasteiger partial charge in [0.15, 0.2) is 11.5 Å². The van der Waals surface area contributed by atoms with Gasteiger partial charge in [-0.3, -0.25) is 9.69 Å². The fourth-order valence-corrected chi connectivity index (χ4v) is 3.29. The predicted octanol–water partition coefficient (Wildman–Crippen LogP) is 2.67. The Hall–Kier alpha value is -1.89. The maximum Gasteiger partial charge on any atom is 0.387 e. The first-order chi connectivity index (χ1) is 11.1. The number of hydrogen-bond acceptors (Lipinski definition) is 4. The zero-order valence-corrected chi connectivity index (χ0v) is 12.9. The van der Waals surface area contributed by atoms with E-state index in [1.54, 1.807) is 19.1 Å². The van der Waals surface area contributed by atoms with E-state index in [9.17, 15) is 13.6 Å². The predicted molar refractivity (Wildman–Crippen MR) is 79.5 cm³/mol. The monoisotopic (exact) mass is 326 g/mol. The number of piperidine rings is 1. The molecular weight excluding hydrogens is 306 g/mol. The average molecular weight is 326 g/mol. The number of benzene rings is 1. The van der Waals surface area contributed by atoms with Crippen LogP contribution in [0.25, 0.3) is 0 Å². The molecule has 2 aliphatic heterocycles. The van der Waals surface area contributed by atoms with Crippen molar-refractivity contribution in [1.29, 1.82) is 0 Å². The van der Waals surface area contributed by atoms with Gasteiger partial charge in [0.2, 0.25) is 5.91 Å². The summed E-state index contributed by atoms with van der Waals surface area (Å²) in [6.07, 6.45) is 2.71. The summed E-state index contributed by atoms with van der Waals surface area (Å²) in [5, 5.41) is 2.98. The molecule has 126 valence electrons. The summed E-state index contributed by atoms with van der Waals surface area (Å²) in [7, 11) is 0. The average Bonchev–Trinajstić information content (AvgIpc) is 2.86. The van der Waals surface area contributed by atoms with Gasteiger partial charge in [-0.25, -0.2) is 0 Å². The highest BCUT2D eigenvalue weighted by atomic mass is 19.3. The lowest BCUT2D eigenvalue weighted by atomic mass is 10.0. The van der Waals surface area contributed by atoms with Crippen LogP contribution in [0.2, 0.25) is 0 Å². The highest BCUT2D eigenvalue weighted by Crippen LogP contribution is 2.36. The van der Waals surface area contributed by atoms with Crippen LogP contribution in [0.4, 0.5) is 8.78 Å². The summed E-state index contributed by atoms with van der Waals surface area (Å²) in [4.78, 5) is 14.2. The molecule has 23 heavy (non-hydrogen) atoms. The smallest absolute Gasteiger partial charge is 0.387 e. The minimum absolute atomic E-state index is 0.00474. The lowest BCUT2D eigenvalue weighted by molar-refractivity contribution is -0.122. The molecule has 0 aromatic heterocycles. The van der Waals surface area contributed by atoms with Gasteiger partial charge < -0.3 is 14.8 Å². The van der Waals surface area contributed by atoms with Crippen molar-refractivity contribution in [3.63, 3.8) is 0 Å². The lowest BCUT2D eigenvalue weighted by Crippen LogP contribution is -2.38. The number of rotatable bonds is 5. The molecule has 0 aliphatic carbocycles. The van der Waals surface area contributed by atoms with Crippen molar-refractivity contribution in [2.45, 2.75) is 45.0 Å². The summed E-state index contributed by atoms with van der Waals surface area (Å²) in [6.45, 7) is 0.0500. The number of fused-ring (bicyclic) bond motifs is 1. The lowest BCUT2D eigenvalue weighted by Gasteiger charge is -2.31. The van der Waals surface area contributed by atoms with Crippen molar-refractivity contribution in [3.8, 4) is 11.5 Å². The van der Waals surface area contributed by atoms with Crippen molar-refractivity contribution in [1.82, 2.24) is 10.2 Å². The van der Waals surface area contributed by atoms with Crippen LogP contribution in [0.15, 0.2) is 18.2 Å². The van der Waals surface area contributed by atoms with Gasteiger partial charge in [-0.2, -0.15) is 8.78 Å². The van der Waals surface area contributed by atoms with Gasteiger partial charge in [0.1, 0.15) is 6.17 Å². The molecule has 0 bridgehead atoms. The molecule has 1 amide bonds. The number of nitrogens with one attached hydrogen (secondary N) is 1. The van der Waals surface area contributed by atoms with Crippen LogP contribution in [0, 0.1) is 0 Å². The van der Waals surface area contributed by atoms with Crippen LogP contribution in [0.1, 0.15) is 37.9 Å².